The molecule has 4 heteroatoms. The second-order valence-electron chi connectivity index (χ2n) is 6.22. The summed E-state index contributed by atoms with van der Waals surface area (Å²) >= 11 is 0. The molecule has 23 heavy (non-hydrogen) atoms. The Bertz CT molecular complexity index is 627. The maximum absolute atomic E-state index is 5.84. The fraction of sp³-hybridized carbons (Fsp3) is 0.368. The summed E-state index contributed by atoms with van der Waals surface area (Å²) in [5.74, 6) is 2.08. The van der Waals surface area contributed by atoms with Gasteiger partial charge in [-0.05, 0) is 55.4 Å². The minimum absolute atomic E-state index is 0.433. The lowest BCUT2D eigenvalue weighted by atomic mass is 9.83. The van der Waals surface area contributed by atoms with Gasteiger partial charge in [-0.2, -0.15) is 0 Å². The minimum atomic E-state index is 0.433. The smallest absolute Gasteiger partial charge is 0.131 e. The summed E-state index contributed by atoms with van der Waals surface area (Å²) in [7, 11) is 1.81. The molecule has 0 spiro atoms. The Kier molecular flexibility index (Phi) is 4.72. The van der Waals surface area contributed by atoms with E-state index >= 15 is 0 Å². The van der Waals surface area contributed by atoms with Crippen LogP contribution in [0, 0.1) is 0 Å². The lowest BCUT2D eigenvalue weighted by Crippen LogP contribution is -2.19. The average molecular weight is 312 g/mol. The first-order valence-electron chi connectivity index (χ1n) is 8.10. The molecule has 4 N–H and O–H groups in total. The van der Waals surface area contributed by atoms with Crippen molar-refractivity contribution in [1.82, 2.24) is 0 Å². The molecule has 0 saturated heterocycles. The summed E-state index contributed by atoms with van der Waals surface area (Å²) in [4.78, 5) is 0. The van der Waals surface area contributed by atoms with Crippen LogP contribution in [0.4, 0.5) is 11.4 Å². The van der Waals surface area contributed by atoms with Crippen LogP contribution >= 0.6 is 0 Å². The first-order valence-corrected chi connectivity index (χ1v) is 8.10. The zero-order valence-corrected chi connectivity index (χ0v) is 13.5. The zero-order valence-electron chi connectivity index (χ0n) is 13.5. The Morgan fingerprint density at radius 2 is 1.43 bits per heavy atom. The van der Waals surface area contributed by atoms with E-state index in [1.54, 1.807) is 25.3 Å². The number of nitrogen functional groups attached to an aromatic ring is 2. The molecule has 0 heterocycles. The Labute approximate surface area is 137 Å². The second-order valence-corrected chi connectivity index (χ2v) is 6.22. The highest BCUT2D eigenvalue weighted by Gasteiger charge is 2.21. The van der Waals surface area contributed by atoms with Gasteiger partial charge in [0.25, 0.3) is 0 Å². The van der Waals surface area contributed by atoms with Crippen molar-refractivity contribution in [2.75, 3.05) is 18.6 Å². The van der Waals surface area contributed by atoms with E-state index in [1.807, 2.05) is 12.1 Å². The van der Waals surface area contributed by atoms with E-state index in [1.165, 1.54) is 18.4 Å². The lowest BCUT2D eigenvalue weighted by molar-refractivity contribution is 0.0658. The van der Waals surface area contributed by atoms with Crippen LogP contribution < -0.4 is 16.2 Å². The van der Waals surface area contributed by atoms with Crippen LogP contribution in [0.1, 0.15) is 37.2 Å². The maximum Gasteiger partial charge on any atom is 0.131 e. The molecule has 1 fully saturated rings. The molecule has 1 saturated carbocycles. The topological polar surface area (TPSA) is 70.5 Å². The minimum Gasteiger partial charge on any atom is -0.457 e. The predicted molar refractivity (Wildman–Crippen MR) is 93.8 cm³/mol. The first kappa shape index (κ1) is 15.7. The van der Waals surface area contributed by atoms with Gasteiger partial charge >= 0.3 is 0 Å². The third-order valence-corrected chi connectivity index (χ3v) is 4.55. The number of anilines is 2. The Balaban J connectivity index is 1.65. The number of methoxy groups -OCH3 is 1. The monoisotopic (exact) mass is 312 g/mol. The molecule has 0 atom stereocenters. The molecule has 4 nitrogen and oxygen atoms in total. The summed E-state index contributed by atoms with van der Waals surface area (Å²) in [5, 5.41) is 0. The molecule has 2 aromatic carbocycles. The summed E-state index contributed by atoms with van der Waals surface area (Å²) < 4.78 is 11.3. The highest BCUT2D eigenvalue weighted by Crippen LogP contribution is 2.35. The van der Waals surface area contributed by atoms with Crippen LogP contribution in [0.15, 0.2) is 42.5 Å². The van der Waals surface area contributed by atoms with Crippen LogP contribution in [0.25, 0.3) is 0 Å². The number of benzene rings is 2. The summed E-state index contributed by atoms with van der Waals surface area (Å²) in [6.07, 6.45) is 5.08. The van der Waals surface area contributed by atoms with Crippen LogP contribution in [0.5, 0.6) is 11.5 Å². The average Bonchev–Trinajstić information content (AvgIpc) is 2.55. The number of hydrogen-bond donors (Lipinski definition) is 2. The number of nitrogens with two attached hydrogens (primary N) is 2. The van der Waals surface area contributed by atoms with Gasteiger partial charge in [-0.15, -0.1) is 0 Å². The number of hydrogen-bond acceptors (Lipinski definition) is 4. The number of ether oxygens (including phenoxy) is 2. The fourth-order valence-electron chi connectivity index (χ4n) is 3.28. The third-order valence-electron chi connectivity index (χ3n) is 4.55. The molecule has 0 amide bonds. The molecule has 3 rings (SSSR count). The van der Waals surface area contributed by atoms with Gasteiger partial charge in [-0.1, -0.05) is 12.1 Å². The van der Waals surface area contributed by atoms with E-state index < -0.39 is 0 Å². The van der Waals surface area contributed by atoms with Gasteiger partial charge in [0.15, 0.2) is 0 Å². The van der Waals surface area contributed by atoms with Crippen LogP contribution in [0.2, 0.25) is 0 Å². The zero-order chi connectivity index (χ0) is 16.2. The Morgan fingerprint density at radius 1 is 0.826 bits per heavy atom. The van der Waals surface area contributed by atoms with Crippen LogP contribution in [-0.2, 0) is 4.74 Å². The fourth-order valence-corrected chi connectivity index (χ4v) is 3.28. The van der Waals surface area contributed by atoms with E-state index in [2.05, 4.69) is 12.1 Å². The van der Waals surface area contributed by atoms with Crippen molar-refractivity contribution in [2.45, 2.75) is 37.7 Å². The third kappa shape index (κ3) is 3.96. The Morgan fingerprint density at radius 3 is 2.00 bits per heavy atom. The molecule has 0 unspecified atom stereocenters. The second kappa shape index (κ2) is 6.92. The van der Waals surface area contributed by atoms with Crippen molar-refractivity contribution in [1.29, 1.82) is 0 Å². The Hall–Kier alpha value is -2.20. The number of rotatable bonds is 4. The quantitative estimate of drug-likeness (QED) is 0.825. The summed E-state index contributed by atoms with van der Waals surface area (Å²) in [5.41, 5.74) is 14.2. The molecule has 1 aliphatic carbocycles. The lowest BCUT2D eigenvalue weighted by Gasteiger charge is -2.27. The van der Waals surface area contributed by atoms with Gasteiger partial charge in [-0.25, -0.2) is 0 Å². The highest BCUT2D eigenvalue weighted by atomic mass is 16.5. The molecule has 122 valence electrons. The van der Waals surface area contributed by atoms with Crippen molar-refractivity contribution < 1.29 is 9.47 Å². The largest absolute Gasteiger partial charge is 0.457 e. The molecular weight excluding hydrogens is 288 g/mol. The van der Waals surface area contributed by atoms with Crippen molar-refractivity contribution in [3.8, 4) is 11.5 Å². The predicted octanol–water partition coefficient (Wildman–Crippen LogP) is 4.32. The van der Waals surface area contributed by atoms with Crippen LogP contribution in [0.3, 0.4) is 0 Å². The van der Waals surface area contributed by atoms with E-state index in [9.17, 15) is 0 Å². The SMILES string of the molecule is COC1CCC(c2ccc(Oc3cc(N)cc(N)c3)cc2)CC1. The summed E-state index contributed by atoms with van der Waals surface area (Å²) in [6, 6.07) is 13.6. The van der Waals surface area contributed by atoms with Gasteiger partial charge in [0, 0.05) is 30.6 Å². The molecule has 0 bridgehead atoms. The molecule has 0 radical (unpaired) electrons. The molecule has 2 aromatic rings. The highest BCUT2D eigenvalue weighted by molar-refractivity contribution is 5.57. The molecule has 0 aromatic heterocycles. The van der Waals surface area contributed by atoms with E-state index in [4.69, 9.17) is 20.9 Å². The van der Waals surface area contributed by atoms with Gasteiger partial charge in [-0.3, -0.25) is 0 Å². The van der Waals surface area contributed by atoms with E-state index in [0.29, 0.717) is 29.1 Å². The first-order chi connectivity index (χ1) is 11.1. The van der Waals surface area contributed by atoms with Crippen molar-refractivity contribution in [2.24, 2.45) is 0 Å². The van der Waals surface area contributed by atoms with Gasteiger partial charge in [0.05, 0.1) is 6.10 Å². The molecule has 1 aliphatic rings. The van der Waals surface area contributed by atoms with Gasteiger partial charge in [0.2, 0.25) is 0 Å². The van der Waals surface area contributed by atoms with Gasteiger partial charge < -0.3 is 20.9 Å². The van der Waals surface area contributed by atoms with Crippen molar-refractivity contribution in [3.63, 3.8) is 0 Å². The van der Waals surface area contributed by atoms with Crippen LogP contribution in [-0.4, -0.2) is 13.2 Å². The van der Waals surface area contributed by atoms with Crippen molar-refractivity contribution >= 4 is 11.4 Å². The standard InChI is InChI=1S/C19H24N2O2/c1-22-17-6-2-13(3-7-17)14-4-8-18(9-5-14)23-19-11-15(20)10-16(21)12-19/h4-5,8-13,17H,2-3,6-7,20-21H2,1H3. The normalized spacial score (nSPS) is 21.1. The molecule has 0 aliphatic heterocycles. The van der Waals surface area contributed by atoms with E-state index in [-0.39, 0.29) is 0 Å². The van der Waals surface area contributed by atoms with Crippen molar-refractivity contribution in [3.05, 3.63) is 48.0 Å². The van der Waals surface area contributed by atoms with E-state index in [0.717, 1.165) is 18.6 Å². The summed E-state index contributed by atoms with van der Waals surface area (Å²) in [6.45, 7) is 0. The maximum atomic E-state index is 5.84. The van der Waals surface area contributed by atoms with Gasteiger partial charge in [0.1, 0.15) is 11.5 Å². The molecular formula is C19H24N2O2.